The van der Waals surface area contributed by atoms with Crippen molar-refractivity contribution < 1.29 is 18.9 Å². The highest BCUT2D eigenvalue weighted by molar-refractivity contribution is 7.75. The molecule has 0 bridgehead atoms. The summed E-state index contributed by atoms with van der Waals surface area (Å²) < 4.78 is 13.6. The second-order valence-electron chi connectivity index (χ2n) is 6.56. The molecule has 2 N–H and O–H groups in total. The molecule has 6 heteroatoms. The SMILES string of the molecule is CCCC[P+](CCCC)(CCCC)CCCC.CCOP(=O)(O)O. The Labute approximate surface area is 151 Å². The monoisotopic (exact) mass is 385 g/mol. The standard InChI is InChI=1S/C16H36P.C2H7O4P/c1-5-9-13-17(14-10-6-2,15-11-7-3)16-12-8-4;1-2-6-7(3,4)5/h5-16H2,1-4H3;2H2,1H3,(H2,3,4,5)/q+1;. The zero-order valence-corrected chi connectivity index (χ0v) is 18.6. The van der Waals surface area contributed by atoms with Crippen molar-refractivity contribution in [3.63, 3.8) is 0 Å². The predicted octanol–water partition coefficient (Wildman–Crippen LogP) is 6.32. The van der Waals surface area contributed by atoms with Crippen molar-refractivity contribution in [1.29, 1.82) is 0 Å². The van der Waals surface area contributed by atoms with E-state index < -0.39 is 15.1 Å². The minimum atomic E-state index is -4.17. The maximum Gasteiger partial charge on any atom is 0.469 e. The fraction of sp³-hybridized carbons (Fsp3) is 1.00. The summed E-state index contributed by atoms with van der Waals surface area (Å²) in [7, 11) is -4.73. The molecule has 0 aromatic heterocycles. The highest BCUT2D eigenvalue weighted by Gasteiger charge is 2.34. The Balaban J connectivity index is 0. The second kappa shape index (κ2) is 17.0. The molecule has 0 aliphatic carbocycles. The lowest BCUT2D eigenvalue weighted by atomic mass is 10.4. The molecule has 0 saturated heterocycles. The van der Waals surface area contributed by atoms with Crippen LogP contribution in [0, 0.1) is 0 Å². The highest BCUT2D eigenvalue weighted by atomic mass is 31.2. The number of unbranched alkanes of at least 4 members (excludes halogenated alkanes) is 4. The van der Waals surface area contributed by atoms with Gasteiger partial charge in [0.25, 0.3) is 0 Å². The second-order valence-corrected chi connectivity index (χ2v) is 12.3. The molecule has 0 aliphatic heterocycles. The molecule has 0 amide bonds. The van der Waals surface area contributed by atoms with Gasteiger partial charge in [-0.2, -0.15) is 0 Å². The molecule has 24 heavy (non-hydrogen) atoms. The summed E-state index contributed by atoms with van der Waals surface area (Å²) in [6.07, 6.45) is 17.9. The molecule has 0 aromatic rings. The quantitative estimate of drug-likeness (QED) is 0.343. The molecule has 0 radical (unpaired) electrons. The van der Waals surface area contributed by atoms with E-state index in [1.165, 1.54) is 58.3 Å². The highest BCUT2D eigenvalue weighted by Crippen LogP contribution is 2.61. The van der Waals surface area contributed by atoms with Crippen molar-refractivity contribution in [2.75, 3.05) is 31.3 Å². The lowest BCUT2D eigenvalue weighted by Gasteiger charge is -2.28. The van der Waals surface area contributed by atoms with Crippen LogP contribution >= 0.6 is 15.1 Å². The third-order valence-corrected chi connectivity index (χ3v) is 9.90. The maximum atomic E-state index is 9.70. The summed E-state index contributed by atoms with van der Waals surface area (Å²) in [4.78, 5) is 15.8. The van der Waals surface area contributed by atoms with E-state index in [1.54, 1.807) is 24.6 Å². The van der Waals surface area contributed by atoms with E-state index in [4.69, 9.17) is 9.79 Å². The predicted molar refractivity (Wildman–Crippen MR) is 110 cm³/mol. The van der Waals surface area contributed by atoms with Crippen LogP contribution in [-0.2, 0) is 9.09 Å². The molecule has 0 unspecified atom stereocenters. The van der Waals surface area contributed by atoms with Crippen molar-refractivity contribution >= 4 is 15.1 Å². The Kier molecular flexibility index (Phi) is 18.9. The summed E-state index contributed by atoms with van der Waals surface area (Å²) in [5.74, 6) is 0. The Morgan fingerprint density at radius 1 is 0.708 bits per heavy atom. The van der Waals surface area contributed by atoms with E-state index >= 15 is 0 Å². The van der Waals surface area contributed by atoms with E-state index in [0.29, 0.717) is 0 Å². The molecule has 0 aromatic carbocycles. The third kappa shape index (κ3) is 17.4. The van der Waals surface area contributed by atoms with Crippen LogP contribution in [0.15, 0.2) is 0 Å². The molecule has 0 saturated carbocycles. The van der Waals surface area contributed by atoms with Crippen LogP contribution in [0.2, 0.25) is 0 Å². The van der Waals surface area contributed by atoms with Crippen LogP contribution in [0.4, 0.5) is 0 Å². The molecule has 0 atom stereocenters. The number of hydrogen-bond acceptors (Lipinski definition) is 2. The molecule has 4 nitrogen and oxygen atoms in total. The van der Waals surface area contributed by atoms with Gasteiger partial charge in [-0.3, -0.25) is 4.52 Å². The maximum absolute atomic E-state index is 9.70. The summed E-state index contributed by atoms with van der Waals surface area (Å²) in [5, 5.41) is 0. The Hall–Kier alpha value is 0.540. The number of phosphoric ester groups is 1. The first-order chi connectivity index (χ1) is 11.3. The summed E-state index contributed by atoms with van der Waals surface area (Å²) in [5.41, 5.74) is 0. The van der Waals surface area contributed by atoms with Gasteiger partial charge in [-0.15, -0.1) is 0 Å². The first-order valence-electron chi connectivity index (χ1n) is 9.85. The van der Waals surface area contributed by atoms with Crippen LogP contribution in [0.5, 0.6) is 0 Å². The smallest absolute Gasteiger partial charge is 0.303 e. The van der Waals surface area contributed by atoms with Gasteiger partial charge >= 0.3 is 7.82 Å². The van der Waals surface area contributed by atoms with E-state index in [-0.39, 0.29) is 6.61 Å². The van der Waals surface area contributed by atoms with Gasteiger partial charge in [-0.1, -0.05) is 53.4 Å². The van der Waals surface area contributed by atoms with Gasteiger partial charge in [0.05, 0.1) is 31.3 Å². The molecule has 0 rings (SSSR count). The van der Waals surface area contributed by atoms with Gasteiger partial charge in [0, 0.05) is 7.26 Å². The van der Waals surface area contributed by atoms with Gasteiger partial charge in [0.15, 0.2) is 0 Å². The Morgan fingerprint density at radius 3 is 1.12 bits per heavy atom. The number of phosphoric acid groups is 1. The van der Waals surface area contributed by atoms with Crippen LogP contribution < -0.4 is 0 Å². The van der Waals surface area contributed by atoms with Crippen molar-refractivity contribution in [3.05, 3.63) is 0 Å². The van der Waals surface area contributed by atoms with Crippen molar-refractivity contribution in [3.8, 4) is 0 Å². The minimum absolute atomic E-state index is 0.0459. The van der Waals surface area contributed by atoms with Crippen LogP contribution in [-0.4, -0.2) is 41.0 Å². The largest absolute Gasteiger partial charge is 0.469 e. The first kappa shape index (κ1) is 26.8. The van der Waals surface area contributed by atoms with E-state index in [2.05, 4.69) is 32.2 Å². The Bertz CT molecular complexity index is 268. The van der Waals surface area contributed by atoms with Crippen LogP contribution in [0.3, 0.4) is 0 Å². The average Bonchev–Trinajstić information content (AvgIpc) is 2.53. The molecule has 148 valence electrons. The van der Waals surface area contributed by atoms with E-state index in [9.17, 15) is 4.57 Å². The molecular weight excluding hydrogens is 342 g/mol. The van der Waals surface area contributed by atoms with Crippen LogP contribution in [0.1, 0.15) is 86.0 Å². The third-order valence-electron chi connectivity index (χ3n) is 4.24. The molecular formula is C18H43O4P2+. The van der Waals surface area contributed by atoms with Gasteiger partial charge < -0.3 is 9.79 Å². The van der Waals surface area contributed by atoms with Crippen molar-refractivity contribution in [2.45, 2.75) is 86.0 Å². The first-order valence-corrected chi connectivity index (χ1v) is 13.9. The normalized spacial score (nSPS) is 12.0. The van der Waals surface area contributed by atoms with Gasteiger partial charge in [0.1, 0.15) is 0 Å². The van der Waals surface area contributed by atoms with Crippen LogP contribution in [0.25, 0.3) is 0 Å². The summed E-state index contributed by atoms with van der Waals surface area (Å²) in [6, 6.07) is 0. The lowest BCUT2D eigenvalue weighted by Crippen LogP contribution is -2.12. The Morgan fingerprint density at radius 2 is 1.00 bits per heavy atom. The van der Waals surface area contributed by atoms with Crippen molar-refractivity contribution in [2.24, 2.45) is 0 Å². The minimum Gasteiger partial charge on any atom is -0.303 e. The van der Waals surface area contributed by atoms with Gasteiger partial charge in [-0.25, -0.2) is 4.57 Å². The van der Waals surface area contributed by atoms with E-state index in [1.807, 2.05) is 0 Å². The fourth-order valence-electron chi connectivity index (χ4n) is 2.81. The molecule has 0 aliphatic rings. The molecule has 0 fully saturated rings. The topological polar surface area (TPSA) is 66.8 Å². The summed E-state index contributed by atoms with van der Waals surface area (Å²) >= 11 is 0. The van der Waals surface area contributed by atoms with Gasteiger partial charge in [-0.05, 0) is 32.6 Å². The fourth-order valence-corrected chi connectivity index (χ4v) is 8.44. The number of hydrogen-bond donors (Lipinski definition) is 2. The van der Waals surface area contributed by atoms with E-state index in [0.717, 1.165) is 0 Å². The lowest BCUT2D eigenvalue weighted by molar-refractivity contribution is 0.206. The number of rotatable bonds is 14. The molecule has 0 heterocycles. The average molecular weight is 385 g/mol. The zero-order valence-electron chi connectivity index (χ0n) is 16.8. The summed E-state index contributed by atoms with van der Waals surface area (Å²) in [6.45, 7) is 11.0. The zero-order chi connectivity index (χ0) is 18.9. The molecule has 0 spiro atoms. The van der Waals surface area contributed by atoms with Crippen molar-refractivity contribution in [1.82, 2.24) is 0 Å². The van der Waals surface area contributed by atoms with Gasteiger partial charge in [0.2, 0.25) is 0 Å².